The normalized spacial score (nSPS) is 12.0. The van der Waals surface area contributed by atoms with E-state index in [1.165, 1.54) is 5.56 Å². The van der Waals surface area contributed by atoms with E-state index in [1.807, 2.05) is 29.9 Å². The number of carbonyl (C=O) groups excluding carboxylic acids is 1. The van der Waals surface area contributed by atoms with Crippen molar-refractivity contribution in [1.82, 2.24) is 15.1 Å². The van der Waals surface area contributed by atoms with Crippen molar-refractivity contribution in [2.75, 3.05) is 0 Å². The lowest BCUT2D eigenvalue weighted by molar-refractivity contribution is 0.0919. The van der Waals surface area contributed by atoms with E-state index in [4.69, 9.17) is 9.15 Å². The largest absolute Gasteiger partial charge is 0.486 e. The Kier molecular flexibility index (Phi) is 6.53. The minimum Gasteiger partial charge on any atom is -0.486 e. The first kappa shape index (κ1) is 19.7. The molecule has 0 bridgehead atoms. The average molecular weight is 381 g/mol. The van der Waals surface area contributed by atoms with Crippen LogP contribution in [0.25, 0.3) is 0 Å². The van der Waals surface area contributed by atoms with Crippen molar-refractivity contribution in [2.24, 2.45) is 0 Å². The number of rotatable bonds is 9. The Labute approximate surface area is 165 Å². The maximum absolute atomic E-state index is 12.2. The molecular weight excluding hydrogens is 354 g/mol. The third-order valence-electron chi connectivity index (χ3n) is 4.79. The van der Waals surface area contributed by atoms with Crippen molar-refractivity contribution in [1.29, 1.82) is 0 Å². The smallest absolute Gasteiger partial charge is 0.287 e. The Morgan fingerprint density at radius 1 is 1.21 bits per heavy atom. The molecule has 2 heterocycles. The minimum absolute atomic E-state index is 0.256. The standard InChI is InChI=1S/C22H27N3O3/c1-4-16(3)18-6-8-19(9-7-18)27-15-20-10-11-21(28-20)22(26)23-12-17-13-24-25(5-2)14-17/h6-11,13-14,16H,4-5,12,15H2,1-3H3,(H,23,26). The highest BCUT2D eigenvalue weighted by Gasteiger charge is 2.12. The molecule has 0 aliphatic carbocycles. The van der Waals surface area contributed by atoms with Gasteiger partial charge in [0.05, 0.1) is 6.20 Å². The highest BCUT2D eigenvalue weighted by atomic mass is 16.5. The van der Waals surface area contributed by atoms with Crippen LogP contribution in [0.1, 0.15) is 60.6 Å². The SMILES string of the molecule is CCC(C)c1ccc(OCc2ccc(C(=O)NCc3cnn(CC)c3)o2)cc1. The van der Waals surface area contributed by atoms with Crippen molar-refractivity contribution in [3.63, 3.8) is 0 Å². The predicted octanol–water partition coefficient (Wildman–Crippen LogP) is 4.52. The molecule has 0 aliphatic rings. The monoisotopic (exact) mass is 381 g/mol. The number of benzene rings is 1. The average Bonchev–Trinajstić information content (AvgIpc) is 3.39. The van der Waals surface area contributed by atoms with E-state index in [1.54, 1.807) is 18.3 Å². The van der Waals surface area contributed by atoms with Crippen molar-refractivity contribution in [3.8, 4) is 5.75 Å². The van der Waals surface area contributed by atoms with Crippen LogP contribution in [-0.4, -0.2) is 15.7 Å². The molecule has 0 spiro atoms. The summed E-state index contributed by atoms with van der Waals surface area (Å²) in [4.78, 5) is 12.2. The minimum atomic E-state index is -0.256. The van der Waals surface area contributed by atoms with Crippen LogP contribution in [0.2, 0.25) is 0 Å². The summed E-state index contributed by atoms with van der Waals surface area (Å²) in [6.45, 7) is 7.89. The molecule has 1 amide bonds. The van der Waals surface area contributed by atoms with Crippen molar-refractivity contribution in [2.45, 2.75) is 52.8 Å². The van der Waals surface area contributed by atoms with Crippen LogP contribution in [-0.2, 0) is 19.7 Å². The molecule has 2 aromatic heterocycles. The van der Waals surface area contributed by atoms with Gasteiger partial charge in [-0.1, -0.05) is 26.0 Å². The van der Waals surface area contributed by atoms with Crippen LogP contribution >= 0.6 is 0 Å². The predicted molar refractivity (Wildman–Crippen MR) is 107 cm³/mol. The van der Waals surface area contributed by atoms with Crippen LogP contribution in [0.5, 0.6) is 5.75 Å². The van der Waals surface area contributed by atoms with Crippen LogP contribution < -0.4 is 10.1 Å². The van der Waals surface area contributed by atoms with Crippen molar-refractivity contribution >= 4 is 5.91 Å². The van der Waals surface area contributed by atoms with E-state index >= 15 is 0 Å². The molecular formula is C22H27N3O3. The third-order valence-corrected chi connectivity index (χ3v) is 4.79. The summed E-state index contributed by atoms with van der Waals surface area (Å²) in [5, 5.41) is 7.02. The summed E-state index contributed by atoms with van der Waals surface area (Å²) >= 11 is 0. The Morgan fingerprint density at radius 3 is 2.68 bits per heavy atom. The lowest BCUT2D eigenvalue weighted by atomic mass is 9.99. The van der Waals surface area contributed by atoms with Gasteiger partial charge in [0.15, 0.2) is 5.76 Å². The maximum atomic E-state index is 12.2. The fraction of sp³-hybridized carbons (Fsp3) is 0.364. The maximum Gasteiger partial charge on any atom is 0.287 e. The molecule has 0 saturated carbocycles. The molecule has 6 heteroatoms. The number of hydrogen-bond acceptors (Lipinski definition) is 4. The number of nitrogens with one attached hydrogen (secondary N) is 1. The molecule has 28 heavy (non-hydrogen) atoms. The molecule has 6 nitrogen and oxygen atoms in total. The molecule has 0 saturated heterocycles. The van der Waals surface area contributed by atoms with Crippen LogP contribution in [0.3, 0.4) is 0 Å². The molecule has 1 atom stereocenters. The molecule has 1 aromatic carbocycles. The Morgan fingerprint density at radius 2 is 2.00 bits per heavy atom. The lowest BCUT2D eigenvalue weighted by Crippen LogP contribution is -2.22. The summed E-state index contributed by atoms with van der Waals surface area (Å²) in [5.74, 6) is 1.94. The van der Waals surface area contributed by atoms with Gasteiger partial charge in [-0.15, -0.1) is 0 Å². The third kappa shape index (κ3) is 5.03. The zero-order valence-corrected chi connectivity index (χ0v) is 16.6. The topological polar surface area (TPSA) is 69.3 Å². The quantitative estimate of drug-likeness (QED) is 0.592. The van der Waals surface area contributed by atoms with Gasteiger partial charge >= 0.3 is 0 Å². The number of hydrogen-bond donors (Lipinski definition) is 1. The Balaban J connectivity index is 1.49. The zero-order chi connectivity index (χ0) is 19.9. The van der Waals surface area contributed by atoms with E-state index in [-0.39, 0.29) is 18.3 Å². The van der Waals surface area contributed by atoms with Crippen molar-refractivity contribution in [3.05, 3.63) is 71.4 Å². The zero-order valence-electron chi connectivity index (χ0n) is 16.6. The number of nitrogens with zero attached hydrogens (tertiary/aromatic N) is 2. The van der Waals surface area contributed by atoms with Gasteiger partial charge in [0.25, 0.3) is 5.91 Å². The fourth-order valence-corrected chi connectivity index (χ4v) is 2.80. The van der Waals surface area contributed by atoms with Gasteiger partial charge in [0.1, 0.15) is 18.1 Å². The van der Waals surface area contributed by atoms with Crippen LogP contribution in [0.4, 0.5) is 0 Å². The summed E-state index contributed by atoms with van der Waals surface area (Å²) in [7, 11) is 0. The molecule has 1 unspecified atom stereocenters. The molecule has 3 rings (SSSR count). The number of amides is 1. The van der Waals surface area contributed by atoms with Gasteiger partial charge in [-0.25, -0.2) is 0 Å². The van der Waals surface area contributed by atoms with Gasteiger partial charge in [0, 0.05) is 24.8 Å². The molecule has 0 radical (unpaired) electrons. The second-order valence-electron chi connectivity index (χ2n) is 6.82. The molecule has 1 N–H and O–H groups in total. The Bertz CT molecular complexity index is 896. The molecule has 3 aromatic rings. The molecule has 0 aliphatic heterocycles. The highest BCUT2D eigenvalue weighted by Crippen LogP contribution is 2.22. The van der Waals surface area contributed by atoms with E-state index in [9.17, 15) is 4.79 Å². The summed E-state index contributed by atoms with van der Waals surface area (Å²) in [6, 6.07) is 11.5. The van der Waals surface area contributed by atoms with Gasteiger partial charge in [-0.3, -0.25) is 9.48 Å². The van der Waals surface area contributed by atoms with Gasteiger partial charge < -0.3 is 14.5 Å². The molecule has 148 valence electrons. The van der Waals surface area contributed by atoms with E-state index in [0.29, 0.717) is 18.2 Å². The van der Waals surface area contributed by atoms with E-state index in [2.05, 4.69) is 36.4 Å². The summed E-state index contributed by atoms with van der Waals surface area (Å²) < 4.78 is 13.2. The van der Waals surface area contributed by atoms with Crippen LogP contribution in [0.15, 0.2) is 53.2 Å². The first-order valence-corrected chi connectivity index (χ1v) is 9.70. The second kappa shape index (κ2) is 9.26. The fourth-order valence-electron chi connectivity index (χ4n) is 2.80. The highest BCUT2D eigenvalue weighted by molar-refractivity contribution is 5.91. The first-order chi connectivity index (χ1) is 13.6. The number of aryl methyl sites for hydroxylation is 1. The second-order valence-corrected chi connectivity index (χ2v) is 6.82. The number of carbonyl (C=O) groups is 1. The number of aromatic nitrogens is 2. The summed E-state index contributed by atoms with van der Waals surface area (Å²) in [5.41, 5.74) is 2.25. The van der Waals surface area contributed by atoms with Crippen molar-refractivity contribution < 1.29 is 13.9 Å². The van der Waals surface area contributed by atoms with Gasteiger partial charge in [0.2, 0.25) is 0 Å². The molecule has 0 fully saturated rings. The lowest BCUT2D eigenvalue weighted by Gasteiger charge is -2.10. The summed E-state index contributed by atoms with van der Waals surface area (Å²) in [6.07, 6.45) is 4.77. The van der Waals surface area contributed by atoms with Gasteiger partial charge in [-0.05, 0) is 49.1 Å². The Hall–Kier alpha value is -3.02. The first-order valence-electron chi connectivity index (χ1n) is 9.70. The van der Waals surface area contributed by atoms with E-state index < -0.39 is 0 Å². The van der Waals surface area contributed by atoms with Gasteiger partial charge in [-0.2, -0.15) is 5.10 Å². The van der Waals surface area contributed by atoms with Crippen LogP contribution in [0, 0.1) is 0 Å². The van der Waals surface area contributed by atoms with E-state index in [0.717, 1.165) is 24.3 Å². The number of furan rings is 1. The number of ether oxygens (including phenoxy) is 1.